The summed E-state index contributed by atoms with van der Waals surface area (Å²) in [6.07, 6.45) is 3.58. The molecule has 2 fully saturated rings. The molecular weight excluding hydrogens is 396 g/mol. The molecule has 2 atom stereocenters. The van der Waals surface area contributed by atoms with E-state index in [-0.39, 0.29) is 12.1 Å². The van der Waals surface area contributed by atoms with Crippen molar-refractivity contribution in [3.05, 3.63) is 54.5 Å². The average Bonchev–Trinajstić information content (AvgIpc) is 3.53. The Morgan fingerprint density at radius 1 is 1.06 bits per heavy atom. The number of para-hydroxylation sites is 1. The van der Waals surface area contributed by atoms with E-state index in [1.165, 1.54) is 10.6 Å². The van der Waals surface area contributed by atoms with Gasteiger partial charge in [-0.1, -0.05) is 18.2 Å². The minimum Gasteiger partial charge on any atom is -0.463 e. The highest BCUT2D eigenvalue weighted by Crippen LogP contribution is 2.15. The molecule has 8 heteroatoms. The Kier molecular flexibility index (Phi) is 7.22. The average molecular weight is 428 g/mol. The molecule has 1 aromatic heterocycles. The standard InChI is InChI=1S/C23H30N4O4/c28-22(24-16-19-8-4-14-30-19)23(29)25-17-20(21-9-5-15-31-21)27-12-10-26(11-13-27)18-6-2-1-3-7-18/h1-3,5-7,9,15,19-20H,4,8,10-14,16-17H2,(H,24,28)(H,25,29)/p+1/t19-,20-/m1/s1. The van der Waals surface area contributed by atoms with Crippen molar-refractivity contribution in [2.45, 2.75) is 25.0 Å². The Balaban J connectivity index is 1.30. The van der Waals surface area contributed by atoms with Crippen molar-refractivity contribution >= 4 is 17.5 Å². The van der Waals surface area contributed by atoms with Crippen LogP contribution in [0.4, 0.5) is 5.69 Å². The predicted octanol–water partition coefficient (Wildman–Crippen LogP) is 0.137. The molecule has 0 aliphatic carbocycles. The van der Waals surface area contributed by atoms with E-state index < -0.39 is 11.8 Å². The van der Waals surface area contributed by atoms with Crippen molar-refractivity contribution in [1.29, 1.82) is 0 Å². The first kappa shape index (κ1) is 21.4. The monoisotopic (exact) mass is 427 g/mol. The number of carbonyl (C=O) groups excluding carboxylic acids is 2. The van der Waals surface area contributed by atoms with Gasteiger partial charge in [-0.3, -0.25) is 9.59 Å². The second-order valence-electron chi connectivity index (χ2n) is 8.10. The predicted molar refractivity (Wildman–Crippen MR) is 116 cm³/mol. The summed E-state index contributed by atoms with van der Waals surface area (Å²) >= 11 is 0. The molecule has 0 unspecified atom stereocenters. The molecule has 3 N–H and O–H groups in total. The first-order valence-corrected chi connectivity index (χ1v) is 11.1. The van der Waals surface area contributed by atoms with E-state index in [1.54, 1.807) is 6.26 Å². The second kappa shape index (κ2) is 10.5. The zero-order chi connectivity index (χ0) is 21.5. The fraction of sp³-hybridized carbons (Fsp3) is 0.478. The van der Waals surface area contributed by atoms with Gasteiger partial charge in [0.2, 0.25) is 0 Å². The molecule has 0 bridgehead atoms. The summed E-state index contributed by atoms with van der Waals surface area (Å²) in [5, 5.41) is 5.47. The molecule has 2 aliphatic heterocycles. The molecule has 2 aromatic rings. The number of hydrogen-bond donors (Lipinski definition) is 3. The number of nitrogens with zero attached hydrogens (tertiary/aromatic N) is 1. The summed E-state index contributed by atoms with van der Waals surface area (Å²) in [6.45, 7) is 5.13. The van der Waals surface area contributed by atoms with Gasteiger partial charge < -0.3 is 29.6 Å². The number of nitrogens with one attached hydrogen (secondary N) is 3. The van der Waals surface area contributed by atoms with Crippen molar-refractivity contribution in [2.24, 2.45) is 0 Å². The maximum Gasteiger partial charge on any atom is 0.309 e. The lowest BCUT2D eigenvalue weighted by molar-refractivity contribution is -0.932. The summed E-state index contributed by atoms with van der Waals surface area (Å²) in [4.78, 5) is 28.2. The van der Waals surface area contributed by atoms with Crippen molar-refractivity contribution in [3.63, 3.8) is 0 Å². The third kappa shape index (κ3) is 5.65. The van der Waals surface area contributed by atoms with E-state index in [2.05, 4.69) is 39.8 Å². The largest absolute Gasteiger partial charge is 0.463 e. The number of benzene rings is 1. The normalized spacial score (nSPS) is 20.4. The van der Waals surface area contributed by atoms with Crippen LogP contribution in [0, 0.1) is 0 Å². The van der Waals surface area contributed by atoms with Gasteiger partial charge >= 0.3 is 11.8 Å². The molecule has 166 valence electrons. The fourth-order valence-electron chi connectivity index (χ4n) is 4.34. The summed E-state index contributed by atoms with van der Waals surface area (Å²) in [5.41, 5.74) is 1.23. The van der Waals surface area contributed by atoms with Crippen LogP contribution in [-0.2, 0) is 14.3 Å². The van der Waals surface area contributed by atoms with E-state index in [9.17, 15) is 9.59 Å². The van der Waals surface area contributed by atoms with Gasteiger partial charge in [-0.15, -0.1) is 0 Å². The number of quaternary nitrogens is 1. The summed E-state index contributed by atoms with van der Waals surface area (Å²) in [6, 6.07) is 14.2. The van der Waals surface area contributed by atoms with Gasteiger partial charge in [0.05, 0.1) is 45.1 Å². The molecule has 31 heavy (non-hydrogen) atoms. The van der Waals surface area contributed by atoms with Crippen LogP contribution in [0.25, 0.3) is 0 Å². The van der Waals surface area contributed by atoms with Crippen molar-refractivity contribution in [3.8, 4) is 0 Å². The smallest absolute Gasteiger partial charge is 0.309 e. The van der Waals surface area contributed by atoms with Gasteiger partial charge in [0.15, 0.2) is 11.8 Å². The molecule has 2 amide bonds. The summed E-state index contributed by atoms with van der Waals surface area (Å²) in [5.74, 6) is -0.405. The minimum absolute atomic E-state index is 0.0120. The van der Waals surface area contributed by atoms with Crippen LogP contribution in [0.5, 0.6) is 0 Å². The number of rotatable bonds is 7. The van der Waals surface area contributed by atoms with Crippen LogP contribution in [0.1, 0.15) is 24.6 Å². The minimum atomic E-state index is -0.614. The van der Waals surface area contributed by atoms with Crippen LogP contribution >= 0.6 is 0 Å². The SMILES string of the molecule is O=C(NC[C@H]1CCCO1)C(=O)NC[C@H](c1ccco1)[NH+]1CCN(c2ccccc2)CC1. The lowest BCUT2D eigenvalue weighted by Gasteiger charge is -2.37. The van der Waals surface area contributed by atoms with E-state index in [4.69, 9.17) is 9.15 Å². The lowest BCUT2D eigenvalue weighted by atomic mass is 10.1. The first-order chi connectivity index (χ1) is 15.2. The fourth-order valence-corrected chi connectivity index (χ4v) is 4.34. The highest BCUT2D eigenvalue weighted by atomic mass is 16.5. The van der Waals surface area contributed by atoms with Crippen LogP contribution in [0.15, 0.2) is 53.1 Å². The van der Waals surface area contributed by atoms with E-state index in [1.807, 2.05) is 18.2 Å². The third-order valence-electron chi connectivity index (χ3n) is 6.09. The molecule has 0 radical (unpaired) electrons. The third-order valence-corrected chi connectivity index (χ3v) is 6.09. The Labute approximate surface area is 182 Å². The van der Waals surface area contributed by atoms with Gasteiger partial charge in [-0.25, -0.2) is 0 Å². The molecule has 1 aromatic carbocycles. The molecular formula is C23H31N4O4+. The molecule has 3 heterocycles. The molecule has 2 aliphatic rings. The Morgan fingerprint density at radius 3 is 2.52 bits per heavy atom. The summed E-state index contributed by atoms with van der Waals surface area (Å²) in [7, 11) is 0. The molecule has 8 nitrogen and oxygen atoms in total. The number of carbonyl (C=O) groups is 2. The Morgan fingerprint density at radius 2 is 1.84 bits per heavy atom. The van der Waals surface area contributed by atoms with Gasteiger partial charge in [0.1, 0.15) is 0 Å². The maximum atomic E-state index is 12.3. The van der Waals surface area contributed by atoms with Gasteiger partial charge in [0.25, 0.3) is 0 Å². The quantitative estimate of drug-likeness (QED) is 0.547. The molecule has 4 rings (SSSR count). The van der Waals surface area contributed by atoms with Gasteiger partial charge in [-0.2, -0.15) is 0 Å². The lowest BCUT2D eigenvalue weighted by Crippen LogP contribution is -3.15. The zero-order valence-electron chi connectivity index (χ0n) is 17.7. The van der Waals surface area contributed by atoms with E-state index >= 15 is 0 Å². The highest BCUT2D eigenvalue weighted by molar-refractivity contribution is 6.35. The Hall–Kier alpha value is -2.84. The van der Waals surface area contributed by atoms with Crippen LogP contribution in [0.3, 0.4) is 0 Å². The Bertz CT molecular complexity index is 829. The maximum absolute atomic E-state index is 12.3. The van der Waals surface area contributed by atoms with Gasteiger partial charge in [0, 0.05) is 18.8 Å². The molecule has 2 saturated heterocycles. The van der Waals surface area contributed by atoms with E-state index in [0.29, 0.717) is 13.1 Å². The summed E-state index contributed by atoms with van der Waals surface area (Å²) < 4.78 is 11.1. The van der Waals surface area contributed by atoms with Gasteiger partial charge in [-0.05, 0) is 37.1 Å². The topological polar surface area (TPSA) is 88.2 Å². The van der Waals surface area contributed by atoms with Crippen molar-refractivity contribution < 1.29 is 23.6 Å². The van der Waals surface area contributed by atoms with Crippen LogP contribution in [0.2, 0.25) is 0 Å². The molecule has 0 saturated carbocycles. The van der Waals surface area contributed by atoms with Crippen molar-refractivity contribution in [2.75, 3.05) is 50.8 Å². The van der Waals surface area contributed by atoms with Crippen LogP contribution < -0.4 is 20.4 Å². The highest BCUT2D eigenvalue weighted by Gasteiger charge is 2.31. The van der Waals surface area contributed by atoms with Crippen molar-refractivity contribution in [1.82, 2.24) is 10.6 Å². The number of ether oxygens (including phenoxy) is 1. The number of piperazine rings is 1. The van der Waals surface area contributed by atoms with Crippen LogP contribution in [-0.4, -0.2) is 63.8 Å². The number of hydrogen-bond acceptors (Lipinski definition) is 5. The number of anilines is 1. The van der Waals surface area contributed by atoms with E-state index in [0.717, 1.165) is 51.4 Å². The zero-order valence-corrected chi connectivity index (χ0v) is 17.7. The number of amides is 2. The molecule has 0 spiro atoms. The number of furan rings is 1. The first-order valence-electron chi connectivity index (χ1n) is 11.1. The second-order valence-corrected chi connectivity index (χ2v) is 8.10.